The summed E-state index contributed by atoms with van der Waals surface area (Å²) in [6.07, 6.45) is 6.20. The van der Waals surface area contributed by atoms with E-state index < -0.39 is 16.8 Å². The number of imide groups is 1. The van der Waals surface area contributed by atoms with E-state index in [1.54, 1.807) is 18.0 Å². The van der Waals surface area contributed by atoms with Gasteiger partial charge in [0.2, 0.25) is 0 Å². The smallest absolute Gasteiger partial charge is 0.266 e. The van der Waals surface area contributed by atoms with Crippen LogP contribution in [0.3, 0.4) is 0 Å². The van der Waals surface area contributed by atoms with Gasteiger partial charge in [-0.3, -0.25) is 14.9 Å². The van der Waals surface area contributed by atoms with E-state index >= 15 is 0 Å². The van der Waals surface area contributed by atoms with Gasteiger partial charge in [-0.15, -0.1) is 11.8 Å². The average molecular weight is 518 g/mol. The second kappa shape index (κ2) is 9.82. The maximum absolute atomic E-state index is 13.2. The summed E-state index contributed by atoms with van der Waals surface area (Å²) >= 11 is 1.56. The Balaban J connectivity index is 1.60. The Labute approximate surface area is 214 Å². The molecule has 3 heterocycles. The predicted molar refractivity (Wildman–Crippen MR) is 143 cm³/mol. The van der Waals surface area contributed by atoms with Crippen molar-refractivity contribution in [2.45, 2.75) is 17.9 Å². The Bertz CT molecular complexity index is 1630. The number of aromatic nitrogens is 2. The van der Waals surface area contributed by atoms with Gasteiger partial charge in [0.1, 0.15) is 5.10 Å². The molecule has 0 unspecified atom stereocenters. The van der Waals surface area contributed by atoms with Crippen molar-refractivity contribution in [1.82, 2.24) is 20.2 Å². The topological polar surface area (TPSA) is 160 Å². The molecular weight excluding hydrogens is 494 g/mol. The number of guanidine groups is 1. The molecule has 5 rings (SSSR count). The highest BCUT2D eigenvalue weighted by Crippen LogP contribution is 2.40. The van der Waals surface area contributed by atoms with Crippen molar-refractivity contribution in [2.75, 3.05) is 12.8 Å². The van der Waals surface area contributed by atoms with Crippen LogP contribution in [0.4, 0.5) is 0 Å². The third-order valence-corrected chi connectivity index (χ3v) is 7.00. The Kier molecular flexibility index (Phi) is 6.40. The number of hydrazone groups is 1. The van der Waals surface area contributed by atoms with Gasteiger partial charge in [0, 0.05) is 63.3 Å². The lowest BCUT2D eigenvalue weighted by Crippen LogP contribution is -2.33. The van der Waals surface area contributed by atoms with Crippen molar-refractivity contribution >= 4 is 62.5 Å². The number of nitrogens with one attached hydrogen (secondary N) is 3. The highest BCUT2D eigenvalue weighted by molar-refractivity contribution is 7.98. The van der Waals surface area contributed by atoms with Crippen molar-refractivity contribution in [3.63, 3.8) is 0 Å². The number of nitro groups is 1. The molecule has 0 bridgehead atoms. The minimum absolute atomic E-state index is 0.262. The van der Waals surface area contributed by atoms with Crippen LogP contribution < -0.4 is 16.4 Å². The Hall–Kier alpha value is -4.58. The number of carbonyl (C=O) groups excluding carboxylic acids is 2. The molecule has 0 radical (unpaired) electrons. The van der Waals surface area contributed by atoms with E-state index in [9.17, 15) is 19.7 Å². The van der Waals surface area contributed by atoms with Gasteiger partial charge < -0.3 is 20.6 Å². The summed E-state index contributed by atoms with van der Waals surface area (Å²) in [5.74, 6) is -1.13. The molecule has 2 aromatic heterocycles. The number of rotatable bonds is 8. The van der Waals surface area contributed by atoms with E-state index in [1.807, 2.05) is 59.5 Å². The summed E-state index contributed by atoms with van der Waals surface area (Å²) in [5.41, 5.74) is 9.29. The molecular formula is C25H23N7O4S. The van der Waals surface area contributed by atoms with E-state index in [1.165, 1.54) is 0 Å². The van der Waals surface area contributed by atoms with Crippen molar-refractivity contribution in [3.05, 3.63) is 76.1 Å². The SMILES string of the molecule is CSc1cccc2c1c(C1=C(c3c[nH]c4ccccc34)C(=O)NC1=O)cn2CCCNC(N)=N[N+](=O)[O-]. The van der Waals surface area contributed by atoms with Gasteiger partial charge in [-0.2, -0.15) is 0 Å². The van der Waals surface area contributed by atoms with E-state index in [0.717, 1.165) is 26.7 Å². The highest BCUT2D eigenvalue weighted by atomic mass is 32.2. The van der Waals surface area contributed by atoms with Gasteiger partial charge in [-0.05, 0) is 30.9 Å². The molecule has 37 heavy (non-hydrogen) atoms. The summed E-state index contributed by atoms with van der Waals surface area (Å²) in [6.45, 7) is 0.904. The number of nitrogens with two attached hydrogens (primary N) is 1. The third kappa shape index (κ3) is 4.42. The standard InChI is InChI=1S/C25H23N7O4S/c1-37-19-9-4-8-18-20(19)16(13-31(18)11-5-10-27-25(26)30-32(35)36)22-21(23(33)29-24(22)34)15-12-28-17-7-3-2-6-14(15)17/h2-4,6-9,12-13,28H,5,10-11H2,1H3,(H3,26,27,30)(H,29,33,34). The zero-order valence-electron chi connectivity index (χ0n) is 19.8. The van der Waals surface area contributed by atoms with Crippen LogP contribution in [0.15, 0.2) is 64.9 Å². The summed E-state index contributed by atoms with van der Waals surface area (Å²) in [7, 11) is 0. The quantitative estimate of drug-likeness (QED) is 0.0531. The average Bonchev–Trinajstić information content (AvgIpc) is 3.54. The van der Waals surface area contributed by atoms with Crippen molar-refractivity contribution < 1.29 is 14.6 Å². The van der Waals surface area contributed by atoms with Crippen LogP contribution >= 0.6 is 11.8 Å². The molecule has 5 N–H and O–H groups in total. The summed E-state index contributed by atoms with van der Waals surface area (Å²) in [6, 6.07) is 13.5. The summed E-state index contributed by atoms with van der Waals surface area (Å²) < 4.78 is 2.02. The number of para-hydroxylation sites is 1. The molecule has 1 aliphatic heterocycles. The zero-order valence-corrected chi connectivity index (χ0v) is 20.6. The third-order valence-electron chi connectivity index (χ3n) is 6.22. The lowest BCUT2D eigenvalue weighted by Gasteiger charge is -2.07. The molecule has 2 aromatic carbocycles. The summed E-state index contributed by atoms with van der Waals surface area (Å²) in [4.78, 5) is 40.9. The second-order valence-electron chi connectivity index (χ2n) is 8.38. The maximum Gasteiger partial charge on any atom is 0.266 e. The van der Waals surface area contributed by atoms with Crippen LogP contribution in [0.25, 0.3) is 33.0 Å². The Morgan fingerprint density at radius 3 is 2.65 bits per heavy atom. The highest BCUT2D eigenvalue weighted by Gasteiger charge is 2.35. The number of nitrogens with zero attached hydrogens (tertiary/aromatic N) is 3. The monoisotopic (exact) mass is 517 g/mol. The summed E-state index contributed by atoms with van der Waals surface area (Å²) in [5, 5.41) is 19.6. The van der Waals surface area contributed by atoms with Crippen molar-refractivity contribution in [3.8, 4) is 0 Å². The molecule has 2 amide bonds. The molecule has 0 saturated heterocycles. The van der Waals surface area contributed by atoms with Gasteiger partial charge in [0.05, 0.1) is 11.1 Å². The minimum Gasteiger partial charge on any atom is -0.365 e. The van der Waals surface area contributed by atoms with E-state index in [4.69, 9.17) is 5.73 Å². The molecule has 4 aromatic rings. The van der Waals surface area contributed by atoms with Crippen LogP contribution in [0.2, 0.25) is 0 Å². The lowest BCUT2D eigenvalue weighted by atomic mass is 9.95. The van der Waals surface area contributed by atoms with Crippen LogP contribution in [0.1, 0.15) is 17.5 Å². The van der Waals surface area contributed by atoms with Gasteiger partial charge in [-0.1, -0.05) is 24.3 Å². The first-order chi connectivity index (χ1) is 17.9. The molecule has 188 valence electrons. The van der Waals surface area contributed by atoms with Crippen LogP contribution in [0, 0.1) is 10.1 Å². The van der Waals surface area contributed by atoms with Crippen LogP contribution in [-0.2, 0) is 16.1 Å². The largest absolute Gasteiger partial charge is 0.365 e. The Morgan fingerprint density at radius 1 is 1.14 bits per heavy atom. The molecule has 11 nitrogen and oxygen atoms in total. The first kappa shape index (κ1) is 24.1. The second-order valence-corrected chi connectivity index (χ2v) is 9.22. The van der Waals surface area contributed by atoms with Gasteiger partial charge in [-0.25, -0.2) is 10.1 Å². The number of carbonyl (C=O) groups is 2. The fourth-order valence-electron chi connectivity index (χ4n) is 4.70. The number of fused-ring (bicyclic) bond motifs is 2. The molecule has 0 spiro atoms. The molecule has 0 aliphatic carbocycles. The molecule has 0 fully saturated rings. The number of thioether (sulfide) groups is 1. The number of hydrogen-bond donors (Lipinski definition) is 4. The maximum atomic E-state index is 13.2. The number of H-pyrrole nitrogens is 1. The van der Waals surface area contributed by atoms with E-state index in [0.29, 0.717) is 41.8 Å². The van der Waals surface area contributed by atoms with Crippen LogP contribution in [-0.4, -0.2) is 45.2 Å². The van der Waals surface area contributed by atoms with Crippen molar-refractivity contribution in [2.24, 2.45) is 10.8 Å². The van der Waals surface area contributed by atoms with E-state index in [2.05, 4.69) is 20.7 Å². The van der Waals surface area contributed by atoms with Crippen molar-refractivity contribution in [1.29, 1.82) is 0 Å². The number of aryl methyl sites for hydroxylation is 1. The van der Waals surface area contributed by atoms with E-state index in [-0.39, 0.29) is 5.96 Å². The fraction of sp³-hybridized carbons (Fsp3) is 0.160. The lowest BCUT2D eigenvalue weighted by molar-refractivity contribution is -0.485. The molecule has 0 atom stereocenters. The normalized spacial score (nSPS) is 14.1. The number of amides is 2. The van der Waals surface area contributed by atoms with Gasteiger partial charge >= 0.3 is 0 Å². The predicted octanol–water partition coefficient (Wildman–Crippen LogP) is 2.90. The number of aromatic amines is 1. The number of hydrogen-bond acceptors (Lipinski definition) is 5. The number of benzene rings is 2. The minimum atomic E-state index is -0.856. The molecule has 12 heteroatoms. The van der Waals surface area contributed by atoms with Gasteiger partial charge in [0.25, 0.3) is 17.8 Å². The first-order valence-electron chi connectivity index (χ1n) is 11.4. The first-order valence-corrected chi connectivity index (χ1v) is 12.7. The van der Waals surface area contributed by atoms with Gasteiger partial charge in [0.15, 0.2) is 5.03 Å². The van der Waals surface area contributed by atoms with Crippen LogP contribution in [0.5, 0.6) is 0 Å². The molecule has 1 aliphatic rings. The Morgan fingerprint density at radius 2 is 1.89 bits per heavy atom. The molecule has 0 saturated carbocycles. The fourth-order valence-corrected chi connectivity index (χ4v) is 5.33. The zero-order chi connectivity index (χ0) is 26.1.